The Balaban J connectivity index is 1.75. The standard InChI is InChI=1S/C22H23F2N5O3S/c1-13-3-4-15-10-17(21(30)27-16-5-7-26-19(11-16)33(25,31)32)20(28-18(15)9-13)29-8-6-22(23,24)14(2)12-29/h3-5,7,9-11,14H,6,8,12H2,1-2H3,(H2,25,31,32)(H,26,27,30). The fraction of sp³-hybridized carbons (Fsp3) is 0.318. The maximum absolute atomic E-state index is 14.1. The minimum Gasteiger partial charge on any atom is -0.355 e. The Labute approximate surface area is 189 Å². The highest BCUT2D eigenvalue weighted by Crippen LogP contribution is 2.36. The normalized spacial score (nSPS) is 18.3. The number of hydrogen-bond donors (Lipinski definition) is 2. The van der Waals surface area contributed by atoms with Crippen molar-refractivity contribution in [2.75, 3.05) is 23.3 Å². The number of alkyl halides is 2. The fourth-order valence-electron chi connectivity index (χ4n) is 3.79. The van der Waals surface area contributed by atoms with E-state index in [-0.39, 0.29) is 35.8 Å². The molecule has 33 heavy (non-hydrogen) atoms. The van der Waals surface area contributed by atoms with Gasteiger partial charge in [-0.05, 0) is 30.7 Å². The molecule has 1 aromatic carbocycles. The molecule has 3 aromatic rings. The third-order valence-corrected chi connectivity index (χ3v) is 6.52. The number of aryl methyl sites for hydroxylation is 1. The van der Waals surface area contributed by atoms with Gasteiger partial charge in [0.15, 0.2) is 5.03 Å². The van der Waals surface area contributed by atoms with Gasteiger partial charge in [0, 0.05) is 48.8 Å². The predicted molar refractivity (Wildman–Crippen MR) is 121 cm³/mol. The molecule has 8 nitrogen and oxygen atoms in total. The van der Waals surface area contributed by atoms with Crippen LogP contribution in [0, 0.1) is 12.8 Å². The summed E-state index contributed by atoms with van der Waals surface area (Å²) >= 11 is 0. The number of carbonyl (C=O) groups is 1. The number of sulfonamides is 1. The number of hydrogen-bond acceptors (Lipinski definition) is 6. The van der Waals surface area contributed by atoms with Gasteiger partial charge in [0.05, 0.1) is 11.1 Å². The number of nitrogens with one attached hydrogen (secondary N) is 1. The first kappa shape index (κ1) is 23.0. The van der Waals surface area contributed by atoms with Crippen LogP contribution in [-0.2, 0) is 10.0 Å². The number of anilines is 2. The van der Waals surface area contributed by atoms with Crippen LogP contribution in [0.2, 0.25) is 0 Å². The van der Waals surface area contributed by atoms with Gasteiger partial charge < -0.3 is 10.2 Å². The largest absolute Gasteiger partial charge is 0.355 e. The van der Waals surface area contributed by atoms with Gasteiger partial charge in [-0.15, -0.1) is 0 Å². The smallest absolute Gasteiger partial charge is 0.259 e. The third kappa shape index (κ3) is 4.79. The second-order valence-electron chi connectivity index (χ2n) is 8.30. The van der Waals surface area contributed by atoms with E-state index in [0.717, 1.165) is 11.6 Å². The monoisotopic (exact) mass is 475 g/mol. The number of carbonyl (C=O) groups excluding carboxylic acids is 1. The first-order valence-corrected chi connectivity index (χ1v) is 11.8. The molecule has 2 aromatic heterocycles. The molecule has 11 heteroatoms. The molecule has 0 radical (unpaired) electrons. The number of aromatic nitrogens is 2. The van der Waals surface area contributed by atoms with Crippen LogP contribution < -0.4 is 15.4 Å². The molecule has 1 fully saturated rings. The molecule has 4 rings (SSSR count). The number of nitrogens with two attached hydrogens (primary N) is 1. The summed E-state index contributed by atoms with van der Waals surface area (Å²) in [7, 11) is -4.06. The SMILES string of the molecule is Cc1ccc2cc(C(=O)Nc3ccnc(S(N)(=O)=O)c3)c(N3CCC(F)(F)C(C)C3)nc2c1. The summed E-state index contributed by atoms with van der Waals surface area (Å²) in [5, 5.41) is 8.08. The van der Waals surface area contributed by atoms with Crippen molar-refractivity contribution in [1.82, 2.24) is 9.97 Å². The van der Waals surface area contributed by atoms with E-state index < -0.39 is 27.8 Å². The van der Waals surface area contributed by atoms with Crippen LogP contribution in [0.5, 0.6) is 0 Å². The molecule has 1 unspecified atom stereocenters. The Hall–Kier alpha value is -3.18. The summed E-state index contributed by atoms with van der Waals surface area (Å²) in [5.41, 5.74) is 1.99. The van der Waals surface area contributed by atoms with Crippen LogP contribution >= 0.6 is 0 Å². The van der Waals surface area contributed by atoms with E-state index in [9.17, 15) is 22.0 Å². The van der Waals surface area contributed by atoms with Crippen molar-refractivity contribution in [3.63, 3.8) is 0 Å². The van der Waals surface area contributed by atoms with Crippen molar-refractivity contribution in [2.45, 2.75) is 31.2 Å². The Bertz CT molecular complexity index is 1350. The molecule has 0 aliphatic carbocycles. The molecule has 1 amide bonds. The average molecular weight is 476 g/mol. The van der Waals surface area contributed by atoms with E-state index in [1.807, 2.05) is 25.1 Å². The minimum absolute atomic E-state index is 0.0441. The zero-order chi connectivity index (χ0) is 24.0. The molecule has 174 valence electrons. The topological polar surface area (TPSA) is 118 Å². The van der Waals surface area contributed by atoms with Crippen molar-refractivity contribution in [1.29, 1.82) is 0 Å². The molecule has 1 aliphatic heterocycles. The van der Waals surface area contributed by atoms with Crippen molar-refractivity contribution in [3.05, 3.63) is 53.7 Å². The quantitative estimate of drug-likeness (QED) is 0.598. The van der Waals surface area contributed by atoms with Gasteiger partial charge in [-0.3, -0.25) is 4.79 Å². The van der Waals surface area contributed by atoms with Crippen molar-refractivity contribution < 1.29 is 22.0 Å². The summed E-state index contributed by atoms with van der Waals surface area (Å²) in [5.74, 6) is -3.95. The van der Waals surface area contributed by atoms with Crippen LogP contribution in [0.15, 0.2) is 47.6 Å². The Kier molecular flexibility index (Phi) is 5.79. The maximum Gasteiger partial charge on any atom is 0.259 e. The molecule has 1 atom stereocenters. The van der Waals surface area contributed by atoms with E-state index in [1.165, 1.54) is 19.2 Å². The Morgan fingerprint density at radius 3 is 2.70 bits per heavy atom. The van der Waals surface area contributed by atoms with Crippen LogP contribution in [0.25, 0.3) is 10.9 Å². The van der Waals surface area contributed by atoms with Crippen LogP contribution in [0.3, 0.4) is 0 Å². The number of nitrogens with zero attached hydrogens (tertiary/aromatic N) is 3. The number of fused-ring (bicyclic) bond motifs is 1. The third-order valence-electron chi connectivity index (χ3n) is 5.71. The summed E-state index contributed by atoms with van der Waals surface area (Å²) in [6.07, 6.45) is 0.872. The molecule has 1 saturated heterocycles. The molecule has 3 N–H and O–H groups in total. The molecular weight excluding hydrogens is 452 g/mol. The van der Waals surface area contributed by atoms with E-state index in [4.69, 9.17) is 5.14 Å². The maximum atomic E-state index is 14.1. The molecule has 1 aliphatic rings. The van der Waals surface area contributed by atoms with Gasteiger partial charge in [0.2, 0.25) is 0 Å². The van der Waals surface area contributed by atoms with Gasteiger partial charge >= 0.3 is 0 Å². The Morgan fingerprint density at radius 2 is 2.00 bits per heavy atom. The summed E-state index contributed by atoms with van der Waals surface area (Å²) < 4.78 is 51.3. The number of amides is 1. The van der Waals surface area contributed by atoms with Gasteiger partial charge in [-0.2, -0.15) is 0 Å². The lowest BCUT2D eigenvalue weighted by Gasteiger charge is -2.38. The van der Waals surface area contributed by atoms with E-state index in [2.05, 4.69) is 15.3 Å². The van der Waals surface area contributed by atoms with E-state index in [0.29, 0.717) is 16.7 Å². The lowest BCUT2D eigenvalue weighted by molar-refractivity contribution is -0.0652. The number of piperidine rings is 1. The van der Waals surface area contributed by atoms with E-state index >= 15 is 0 Å². The number of primary sulfonamides is 1. The zero-order valence-electron chi connectivity index (χ0n) is 18.0. The molecular formula is C22H23F2N5O3S. The number of rotatable bonds is 4. The van der Waals surface area contributed by atoms with Gasteiger partial charge in [0.1, 0.15) is 5.82 Å². The predicted octanol–water partition coefficient (Wildman–Crippen LogP) is 3.32. The van der Waals surface area contributed by atoms with Crippen LogP contribution in [0.4, 0.5) is 20.3 Å². The summed E-state index contributed by atoms with van der Waals surface area (Å²) in [6, 6.07) is 9.81. The second kappa shape index (κ2) is 8.31. The van der Waals surface area contributed by atoms with Crippen LogP contribution in [0.1, 0.15) is 29.3 Å². The average Bonchev–Trinajstić information content (AvgIpc) is 2.74. The highest BCUT2D eigenvalue weighted by Gasteiger charge is 2.42. The summed E-state index contributed by atoms with van der Waals surface area (Å²) in [4.78, 5) is 23.3. The lowest BCUT2D eigenvalue weighted by Crippen LogP contribution is -2.46. The minimum atomic E-state index is -4.06. The van der Waals surface area contributed by atoms with E-state index in [1.54, 1.807) is 11.0 Å². The highest BCUT2D eigenvalue weighted by molar-refractivity contribution is 7.89. The zero-order valence-corrected chi connectivity index (χ0v) is 18.9. The molecule has 0 bridgehead atoms. The van der Waals surface area contributed by atoms with Crippen molar-refractivity contribution in [2.24, 2.45) is 11.1 Å². The van der Waals surface area contributed by atoms with Gasteiger partial charge in [-0.25, -0.2) is 32.3 Å². The summed E-state index contributed by atoms with van der Waals surface area (Å²) in [6.45, 7) is 3.48. The van der Waals surface area contributed by atoms with Crippen molar-refractivity contribution >= 4 is 38.3 Å². The Morgan fingerprint density at radius 1 is 1.24 bits per heavy atom. The van der Waals surface area contributed by atoms with Gasteiger partial charge in [-0.1, -0.05) is 19.1 Å². The number of benzene rings is 1. The number of halogens is 2. The lowest BCUT2D eigenvalue weighted by atomic mass is 9.95. The van der Waals surface area contributed by atoms with Crippen molar-refractivity contribution in [3.8, 4) is 0 Å². The molecule has 0 saturated carbocycles. The molecule has 0 spiro atoms. The van der Waals surface area contributed by atoms with Crippen LogP contribution in [-0.4, -0.2) is 43.3 Å². The molecule has 3 heterocycles. The fourth-order valence-corrected chi connectivity index (χ4v) is 4.29. The second-order valence-corrected chi connectivity index (χ2v) is 9.80. The van der Waals surface area contributed by atoms with Gasteiger partial charge in [0.25, 0.3) is 21.9 Å². The highest BCUT2D eigenvalue weighted by atomic mass is 32.2. The number of pyridine rings is 2. The first-order valence-electron chi connectivity index (χ1n) is 10.3. The first-order chi connectivity index (χ1) is 15.4.